The van der Waals surface area contributed by atoms with E-state index in [1.807, 2.05) is 0 Å². The Kier molecular flexibility index (Phi) is 8.27. The van der Waals surface area contributed by atoms with Crippen molar-refractivity contribution < 1.29 is 24.2 Å². The van der Waals surface area contributed by atoms with E-state index in [1.165, 1.54) is 6.33 Å². The number of nitrogens with one attached hydrogen (secondary N) is 1. The lowest BCUT2D eigenvalue weighted by atomic mass is 9.81. The molecule has 0 atom stereocenters. The number of fused-ring (bicyclic) bond motifs is 1. The van der Waals surface area contributed by atoms with Gasteiger partial charge in [0.05, 0.1) is 37.6 Å². The van der Waals surface area contributed by atoms with Gasteiger partial charge in [-0.1, -0.05) is 0 Å². The summed E-state index contributed by atoms with van der Waals surface area (Å²) in [5.41, 5.74) is 1.57. The van der Waals surface area contributed by atoms with Crippen LogP contribution < -0.4 is 14.8 Å². The van der Waals surface area contributed by atoms with Gasteiger partial charge < -0.3 is 19.9 Å². The van der Waals surface area contributed by atoms with Gasteiger partial charge in [-0.25, -0.2) is 9.97 Å². The van der Waals surface area contributed by atoms with Gasteiger partial charge in [0, 0.05) is 82.2 Å². The highest BCUT2D eigenvalue weighted by atomic mass is 16.5. The number of aliphatic hydroxyl groups is 1. The van der Waals surface area contributed by atoms with Gasteiger partial charge in [-0.2, -0.15) is 0 Å². The fourth-order valence-electron chi connectivity index (χ4n) is 4.75. The molecule has 2 aromatic rings. The lowest BCUT2D eigenvalue weighted by Gasteiger charge is -2.34. The van der Waals surface area contributed by atoms with Crippen LogP contribution in [0.25, 0.3) is 10.9 Å². The molecule has 0 radical (unpaired) electrons. The predicted molar refractivity (Wildman–Crippen MR) is 131 cm³/mol. The Labute approximate surface area is 204 Å². The summed E-state index contributed by atoms with van der Waals surface area (Å²) in [6.45, 7) is 6.17. The molecule has 2 heterocycles. The normalized spacial score (nSPS) is 19.7. The van der Waals surface area contributed by atoms with Crippen LogP contribution in [-0.4, -0.2) is 103 Å². The molecule has 2 aliphatic rings. The van der Waals surface area contributed by atoms with Crippen LogP contribution in [0.3, 0.4) is 0 Å². The number of piperazine rings is 1. The molecule has 35 heavy (non-hydrogen) atoms. The summed E-state index contributed by atoms with van der Waals surface area (Å²) in [5, 5.41) is 13.0. The van der Waals surface area contributed by atoms with Crippen molar-refractivity contribution in [3.8, 4) is 11.5 Å². The monoisotopic (exact) mass is 483 g/mol. The largest absolute Gasteiger partial charge is 0.493 e. The number of methoxy groups -OCH3 is 2. The second-order valence-electron chi connectivity index (χ2n) is 8.85. The standard InChI is InChI=1S/C25H33N5O5/c1-34-23-13-18-20(14-24(23)35-2)27-16-28-25(18)17-11-21(32)19(22(33)12-17)15-26-3-4-29-5-7-30(8-6-29)9-10-31/h13-17,26,31H,3-12H2,1-2H3. The van der Waals surface area contributed by atoms with Gasteiger partial charge in [0.25, 0.3) is 0 Å². The van der Waals surface area contributed by atoms with Gasteiger partial charge in [0.2, 0.25) is 0 Å². The molecule has 1 aromatic carbocycles. The first-order valence-electron chi connectivity index (χ1n) is 12.0. The van der Waals surface area contributed by atoms with E-state index in [1.54, 1.807) is 32.6 Å². The molecule has 2 fully saturated rings. The topological polar surface area (TPSA) is 117 Å². The maximum Gasteiger partial charge on any atom is 0.168 e. The van der Waals surface area contributed by atoms with E-state index in [2.05, 4.69) is 25.1 Å². The van der Waals surface area contributed by atoms with E-state index in [9.17, 15) is 9.59 Å². The van der Waals surface area contributed by atoms with Crippen LogP contribution in [-0.2, 0) is 9.59 Å². The molecule has 0 amide bonds. The number of ether oxygens (including phenoxy) is 2. The number of rotatable bonds is 9. The Bertz CT molecular complexity index is 1080. The van der Waals surface area contributed by atoms with Crippen molar-refractivity contribution in [2.45, 2.75) is 18.8 Å². The SMILES string of the molecule is COc1cc2ncnc(C3CC(=O)C(=CNCCN4CCN(CCO)CC4)C(=O)C3)c2cc1OC. The summed E-state index contributed by atoms with van der Waals surface area (Å²) in [4.78, 5) is 39.1. The molecule has 0 unspecified atom stereocenters. The number of hydrogen-bond donors (Lipinski definition) is 2. The van der Waals surface area contributed by atoms with E-state index < -0.39 is 0 Å². The number of allylic oxidation sites excluding steroid dienone is 1. The van der Waals surface area contributed by atoms with E-state index in [-0.39, 0.29) is 42.5 Å². The Hall–Kier alpha value is -3.08. The summed E-state index contributed by atoms with van der Waals surface area (Å²) < 4.78 is 10.8. The number of ketones is 2. The number of aromatic nitrogens is 2. The van der Waals surface area contributed by atoms with Crippen LogP contribution in [0, 0.1) is 0 Å². The van der Waals surface area contributed by atoms with E-state index in [4.69, 9.17) is 14.6 Å². The van der Waals surface area contributed by atoms with Gasteiger partial charge in [-0.15, -0.1) is 0 Å². The van der Waals surface area contributed by atoms with E-state index in [0.717, 1.165) is 44.7 Å². The van der Waals surface area contributed by atoms with Crippen molar-refractivity contribution in [2.75, 3.05) is 66.6 Å². The zero-order chi connectivity index (χ0) is 24.8. The number of carbonyl (C=O) groups excluding carboxylic acids is 2. The third kappa shape index (κ3) is 5.77. The highest BCUT2D eigenvalue weighted by Gasteiger charge is 2.33. The molecular formula is C25H33N5O5. The first-order valence-corrected chi connectivity index (χ1v) is 12.0. The average molecular weight is 484 g/mol. The molecule has 1 saturated carbocycles. The number of nitrogens with zero attached hydrogens (tertiary/aromatic N) is 4. The third-order valence-corrected chi connectivity index (χ3v) is 6.72. The summed E-state index contributed by atoms with van der Waals surface area (Å²) in [7, 11) is 3.12. The minimum absolute atomic E-state index is 0.177. The second kappa shape index (κ2) is 11.6. The lowest BCUT2D eigenvalue weighted by molar-refractivity contribution is -0.124. The first kappa shape index (κ1) is 25.0. The van der Waals surface area contributed by atoms with E-state index >= 15 is 0 Å². The number of β-amino-alcohol motifs (C(OH)–C–C–N with tert-alkyl or cyclic N) is 1. The fourth-order valence-corrected chi connectivity index (χ4v) is 4.75. The van der Waals surface area contributed by atoms with Crippen LogP contribution in [0.4, 0.5) is 0 Å². The number of carbonyl (C=O) groups is 2. The van der Waals surface area contributed by atoms with Crippen LogP contribution in [0.1, 0.15) is 24.5 Å². The Morgan fingerprint density at radius 2 is 1.63 bits per heavy atom. The predicted octanol–water partition coefficient (Wildman–Crippen LogP) is 0.746. The van der Waals surface area contributed by atoms with Gasteiger partial charge in [-0.05, 0) is 6.07 Å². The number of aliphatic hydroxyl groups excluding tert-OH is 1. The third-order valence-electron chi connectivity index (χ3n) is 6.72. The lowest BCUT2D eigenvalue weighted by Crippen LogP contribution is -2.48. The van der Waals surface area contributed by atoms with E-state index in [0.29, 0.717) is 29.3 Å². The summed E-state index contributed by atoms with van der Waals surface area (Å²) >= 11 is 0. The molecule has 2 N–H and O–H groups in total. The molecule has 0 spiro atoms. The van der Waals surface area contributed by atoms with Crippen LogP contribution in [0.15, 0.2) is 30.2 Å². The van der Waals surface area contributed by atoms with Crippen molar-refractivity contribution in [3.63, 3.8) is 0 Å². The van der Waals surface area contributed by atoms with Gasteiger partial charge in [0.1, 0.15) is 6.33 Å². The summed E-state index contributed by atoms with van der Waals surface area (Å²) in [6, 6.07) is 3.57. The minimum atomic E-state index is -0.314. The quantitative estimate of drug-likeness (QED) is 0.301. The Morgan fingerprint density at radius 1 is 1.00 bits per heavy atom. The molecule has 1 aromatic heterocycles. The molecule has 10 nitrogen and oxygen atoms in total. The highest BCUT2D eigenvalue weighted by molar-refractivity contribution is 6.22. The molecule has 4 rings (SSSR count). The molecular weight excluding hydrogens is 450 g/mol. The highest BCUT2D eigenvalue weighted by Crippen LogP contribution is 2.37. The van der Waals surface area contributed by atoms with Crippen molar-refractivity contribution >= 4 is 22.5 Å². The maximum atomic E-state index is 12.9. The molecule has 1 saturated heterocycles. The number of Topliss-reactive ketones (excluding diaryl/α,β-unsaturated/α-hetero) is 2. The van der Waals surface area contributed by atoms with Crippen LogP contribution in [0.5, 0.6) is 11.5 Å². The first-order chi connectivity index (χ1) is 17.0. The average Bonchev–Trinajstić information content (AvgIpc) is 2.87. The van der Waals surface area contributed by atoms with Crippen molar-refractivity contribution in [3.05, 3.63) is 35.9 Å². The molecule has 1 aliphatic heterocycles. The minimum Gasteiger partial charge on any atom is -0.493 e. The van der Waals surface area contributed by atoms with Crippen molar-refractivity contribution in [2.24, 2.45) is 0 Å². The maximum absolute atomic E-state index is 12.9. The molecule has 188 valence electrons. The molecule has 1 aliphatic carbocycles. The van der Waals surface area contributed by atoms with Gasteiger partial charge >= 0.3 is 0 Å². The molecule has 0 bridgehead atoms. The zero-order valence-corrected chi connectivity index (χ0v) is 20.3. The smallest absolute Gasteiger partial charge is 0.168 e. The number of benzene rings is 1. The Morgan fingerprint density at radius 3 is 2.26 bits per heavy atom. The van der Waals surface area contributed by atoms with Crippen LogP contribution >= 0.6 is 0 Å². The Balaban J connectivity index is 1.37. The zero-order valence-electron chi connectivity index (χ0n) is 20.3. The van der Waals surface area contributed by atoms with Crippen LogP contribution in [0.2, 0.25) is 0 Å². The van der Waals surface area contributed by atoms with Gasteiger partial charge in [-0.3, -0.25) is 19.4 Å². The van der Waals surface area contributed by atoms with Crippen molar-refractivity contribution in [1.29, 1.82) is 0 Å². The fraction of sp³-hybridized carbons (Fsp3) is 0.520. The summed E-state index contributed by atoms with van der Waals surface area (Å²) in [5.74, 6) is 0.436. The summed E-state index contributed by atoms with van der Waals surface area (Å²) in [6.07, 6.45) is 3.46. The van der Waals surface area contributed by atoms with Gasteiger partial charge in [0.15, 0.2) is 23.1 Å². The molecule has 10 heteroatoms. The second-order valence-corrected chi connectivity index (χ2v) is 8.85. The number of hydrogen-bond acceptors (Lipinski definition) is 10. The van der Waals surface area contributed by atoms with Crippen molar-refractivity contribution in [1.82, 2.24) is 25.1 Å².